The molecule has 1 saturated heterocycles. The van der Waals surface area contributed by atoms with Crippen molar-refractivity contribution in [1.29, 1.82) is 0 Å². The van der Waals surface area contributed by atoms with Crippen LogP contribution in [0.2, 0.25) is 0 Å². The molecule has 86 valence electrons. The van der Waals surface area contributed by atoms with E-state index in [0.29, 0.717) is 0 Å². The second-order valence-corrected chi connectivity index (χ2v) is 5.23. The number of hydrogen-bond donors (Lipinski definition) is 0. The number of aromatic nitrogens is 1. The number of hydrogen-bond acceptors (Lipinski definition) is 2. The predicted octanol–water partition coefficient (Wildman–Crippen LogP) is 2.85. The van der Waals surface area contributed by atoms with Gasteiger partial charge in [-0.1, -0.05) is 18.9 Å². The van der Waals surface area contributed by atoms with E-state index in [9.17, 15) is 0 Å². The van der Waals surface area contributed by atoms with E-state index in [2.05, 4.69) is 16.0 Å². The fourth-order valence-corrected chi connectivity index (χ4v) is 3.43. The first-order chi connectivity index (χ1) is 7.93. The highest BCUT2D eigenvalue weighted by Crippen LogP contribution is 2.36. The van der Waals surface area contributed by atoms with Crippen molar-refractivity contribution in [2.24, 2.45) is 5.92 Å². The predicted molar refractivity (Wildman–Crippen MR) is 65.0 cm³/mol. The summed E-state index contributed by atoms with van der Waals surface area (Å²) in [4.78, 5) is 6.89. The molecule has 3 rings (SSSR count). The summed E-state index contributed by atoms with van der Waals surface area (Å²) in [6.07, 6.45) is 11.1. The summed E-state index contributed by atoms with van der Waals surface area (Å²) >= 11 is 0. The third-order valence-corrected chi connectivity index (χ3v) is 4.23. The minimum atomic E-state index is 0.869. The van der Waals surface area contributed by atoms with E-state index in [1.54, 1.807) is 0 Å². The van der Waals surface area contributed by atoms with Gasteiger partial charge < -0.3 is 0 Å². The summed E-state index contributed by atoms with van der Waals surface area (Å²) in [6, 6.07) is 5.11. The topological polar surface area (TPSA) is 16.1 Å². The standard InChI is InChI=1S/C14H20N2/c1-2-6-14-13(5-1)7-9-16(14)11-12-4-3-8-15-10-12/h3-4,8,10,13-14H,1-2,5-7,9,11H2. The average Bonchev–Trinajstić information content (AvgIpc) is 2.74. The first-order valence-electron chi connectivity index (χ1n) is 6.56. The fraction of sp³-hybridized carbons (Fsp3) is 0.643. The van der Waals surface area contributed by atoms with Gasteiger partial charge in [-0.25, -0.2) is 0 Å². The second kappa shape index (κ2) is 4.54. The van der Waals surface area contributed by atoms with Crippen LogP contribution in [0.5, 0.6) is 0 Å². The summed E-state index contributed by atoms with van der Waals surface area (Å²) in [7, 11) is 0. The molecular formula is C14H20N2. The van der Waals surface area contributed by atoms with Crippen molar-refractivity contribution in [2.75, 3.05) is 6.54 Å². The van der Waals surface area contributed by atoms with E-state index in [1.807, 2.05) is 18.5 Å². The second-order valence-electron chi connectivity index (χ2n) is 5.23. The lowest BCUT2D eigenvalue weighted by Crippen LogP contribution is -2.34. The van der Waals surface area contributed by atoms with Gasteiger partial charge in [0.2, 0.25) is 0 Å². The molecule has 2 fully saturated rings. The Hall–Kier alpha value is -0.890. The van der Waals surface area contributed by atoms with Gasteiger partial charge in [-0.05, 0) is 43.4 Å². The maximum absolute atomic E-state index is 4.20. The SMILES string of the molecule is c1cncc(CN2CCC3CCCCC32)c1. The Morgan fingerprint density at radius 1 is 1.25 bits per heavy atom. The Balaban J connectivity index is 1.67. The Labute approximate surface area is 97.7 Å². The Kier molecular flexibility index (Phi) is 2.92. The molecule has 1 saturated carbocycles. The molecule has 1 aliphatic heterocycles. The van der Waals surface area contributed by atoms with Gasteiger partial charge in [0.1, 0.15) is 0 Å². The normalized spacial score (nSPS) is 30.2. The number of rotatable bonds is 2. The van der Waals surface area contributed by atoms with Crippen molar-refractivity contribution < 1.29 is 0 Å². The van der Waals surface area contributed by atoms with Crippen LogP contribution in [0.4, 0.5) is 0 Å². The molecule has 16 heavy (non-hydrogen) atoms. The van der Waals surface area contributed by atoms with Crippen LogP contribution in [-0.2, 0) is 6.54 Å². The molecule has 1 aromatic heterocycles. The van der Waals surface area contributed by atoms with Crippen LogP contribution in [0.15, 0.2) is 24.5 Å². The monoisotopic (exact) mass is 216 g/mol. The smallest absolute Gasteiger partial charge is 0.0312 e. The van der Waals surface area contributed by atoms with Crippen LogP contribution < -0.4 is 0 Å². The van der Waals surface area contributed by atoms with Crippen molar-refractivity contribution in [3.63, 3.8) is 0 Å². The summed E-state index contributed by atoms with van der Waals surface area (Å²) in [5.74, 6) is 0.991. The van der Waals surface area contributed by atoms with Crippen LogP contribution in [0.1, 0.15) is 37.7 Å². The lowest BCUT2D eigenvalue weighted by molar-refractivity contribution is 0.176. The van der Waals surface area contributed by atoms with E-state index < -0.39 is 0 Å². The van der Waals surface area contributed by atoms with Crippen molar-refractivity contribution in [3.05, 3.63) is 30.1 Å². The molecule has 0 aromatic carbocycles. The third kappa shape index (κ3) is 1.99. The molecule has 2 heterocycles. The summed E-state index contributed by atoms with van der Waals surface area (Å²) in [5.41, 5.74) is 1.37. The first kappa shape index (κ1) is 10.3. The van der Waals surface area contributed by atoms with Gasteiger partial charge in [-0.2, -0.15) is 0 Å². The van der Waals surface area contributed by atoms with Gasteiger partial charge in [-0.15, -0.1) is 0 Å². The highest BCUT2D eigenvalue weighted by molar-refractivity contribution is 5.09. The minimum Gasteiger partial charge on any atom is -0.296 e. The molecule has 0 amide bonds. The average molecular weight is 216 g/mol. The first-order valence-corrected chi connectivity index (χ1v) is 6.56. The van der Waals surface area contributed by atoms with Crippen LogP contribution in [0.25, 0.3) is 0 Å². The number of pyridine rings is 1. The van der Waals surface area contributed by atoms with Crippen LogP contribution in [-0.4, -0.2) is 22.5 Å². The van der Waals surface area contributed by atoms with Gasteiger partial charge in [-0.3, -0.25) is 9.88 Å². The van der Waals surface area contributed by atoms with Gasteiger partial charge in [0, 0.05) is 25.0 Å². The lowest BCUT2D eigenvalue weighted by Gasteiger charge is -2.31. The van der Waals surface area contributed by atoms with Gasteiger partial charge >= 0.3 is 0 Å². The quantitative estimate of drug-likeness (QED) is 0.755. The molecule has 2 nitrogen and oxygen atoms in total. The van der Waals surface area contributed by atoms with E-state index in [4.69, 9.17) is 0 Å². The van der Waals surface area contributed by atoms with Crippen LogP contribution >= 0.6 is 0 Å². The molecular weight excluding hydrogens is 196 g/mol. The van der Waals surface area contributed by atoms with E-state index in [-0.39, 0.29) is 0 Å². The zero-order valence-corrected chi connectivity index (χ0v) is 9.81. The molecule has 0 N–H and O–H groups in total. The third-order valence-electron chi connectivity index (χ3n) is 4.23. The molecule has 0 radical (unpaired) electrons. The molecule has 2 heteroatoms. The van der Waals surface area contributed by atoms with Gasteiger partial charge in [0.25, 0.3) is 0 Å². The zero-order chi connectivity index (χ0) is 10.8. The Morgan fingerprint density at radius 2 is 2.19 bits per heavy atom. The van der Waals surface area contributed by atoms with E-state index >= 15 is 0 Å². The zero-order valence-electron chi connectivity index (χ0n) is 9.81. The Bertz CT molecular complexity index is 336. The minimum absolute atomic E-state index is 0.869. The van der Waals surface area contributed by atoms with Gasteiger partial charge in [0.15, 0.2) is 0 Å². The molecule has 2 atom stereocenters. The summed E-state index contributed by atoms with van der Waals surface area (Å²) < 4.78 is 0. The fourth-order valence-electron chi connectivity index (χ4n) is 3.43. The summed E-state index contributed by atoms with van der Waals surface area (Å²) in [6.45, 7) is 2.40. The molecule has 1 aromatic rings. The molecule has 2 unspecified atom stereocenters. The maximum Gasteiger partial charge on any atom is 0.0312 e. The largest absolute Gasteiger partial charge is 0.296 e. The summed E-state index contributed by atoms with van der Waals surface area (Å²) in [5, 5.41) is 0. The van der Waals surface area contributed by atoms with Crippen molar-refractivity contribution >= 4 is 0 Å². The van der Waals surface area contributed by atoms with Crippen molar-refractivity contribution in [2.45, 2.75) is 44.7 Å². The molecule has 2 aliphatic rings. The van der Waals surface area contributed by atoms with Crippen molar-refractivity contribution in [3.8, 4) is 0 Å². The molecule has 0 bridgehead atoms. The molecule has 1 aliphatic carbocycles. The van der Waals surface area contributed by atoms with Crippen LogP contribution in [0, 0.1) is 5.92 Å². The lowest BCUT2D eigenvalue weighted by atomic mass is 9.85. The van der Waals surface area contributed by atoms with Gasteiger partial charge in [0.05, 0.1) is 0 Å². The van der Waals surface area contributed by atoms with Crippen LogP contribution in [0.3, 0.4) is 0 Å². The Morgan fingerprint density at radius 3 is 3.06 bits per heavy atom. The number of nitrogens with zero attached hydrogens (tertiary/aromatic N) is 2. The number of fused-ring (bicyclic) bond motifs is 1. The highest BCUT2D eigenvalue weighted by atomic mass is 15.2. The maximum atomic E-state index is 4.20. The van der Waals surface area contributed by atoms with E-state index in [0.717, 1.165) is 18.5 Å². The molecule has 0 spiro atoms. The highest BCUT2D eigenvalue weighted by Gasteiger charge is 2.35. The van der Waals surface area contributed by atoms with E-state index in [1.165, 1.54) is 44.2 Å². The number of likely N-dealkylation sites (tertiary alicyclic amines) is 1. The van der Waals surface area contributed by atoms with Crippen molar-refractivity contribution in [1.82, 2.24) is 9.88 Å².